The van der Waals surface area contributed by atoms with Gasteiger partial charge in [-0.25, -0.2) is 4.79 Å². The third kappa shape index (κ3) is 2.27. The highest BCUT2D eigenvalue weighted by Gasteiger charge is 2.89. The van der Waals surface area contributed by atoms with Gasteiger partial charge in [-0.1, -0.05) is 55.0 Å². The summed E-state index contributed by atoms with van der Waals surface area (Å²) in [6, 6.07) is 16.6. The number of nitrogens with zero attached hydrogens (tertiary/aromatic N) is 4. The molecule has 0 N–H and O–H groups in total. The van der Waals surface area contributed by atoms with Crippen LogP contribution in [-0.2, 0) is 25.9 Å². The van der Waals surface area contributed by atoms with E-state index >= 15 is 5.21 Å². The minimum Gasteiger partial charge on any atom is -0.633 e. The lowest BCUT2D eigenvalue weighted by Gasteiger charge is -2.71. The van der Waals surface area contributed by atoms with Crippen molar-refractivity contribution in [2.24, 2.45) is 17.3 Å². The molecule has 2 saturated carbocycles. The monoisotopic (exact) mass is 630 g/mol. The summed E-state index contributed by atoms with van der Waals surface area (Å²) >= 11 is 0. The number of hydrogen-bond donors (Lipinski definition) is 0. The van der Waals surface area contributed by atoms with E-state index in [1.807, 2.05) is 0 Å². The second kappa shape index (κ2) is 7.79. The minimum atomic E-state index is -0.370. The van der Waals surface area contributed by atoms with Gasteiger partial charge in [0.25, 0.3) is 0 Å². The van der Waals surface area contributed by atoms with Crippen molar-refractivity contribution >= 4 is 17.3 Å². The Labute approximate surface area is 277 Å². The Kier molecular flexibility index (Phi) is 4.48. The summed E-state index contributed by atoms with van der Waals surface area (Å²) in [5.74, 6) is 0.533. The fraction of sp³-hybridized carbons (Fsp3) is 0.625. The van der Waals surface area contributed by atoms with E-state index in [1.54, 1.807) is 7.11 Å². The van der Waals surface area contributed by atoms with Crippen LogP contribution in [0.25, 0.3) is 0 Å². The zero-order valence-electron chi connectivity index (χ0n) is 28.0. The zero-order chi connectivity index (χ0) is 31.5. The van der Waals surface area contributed by atoms with Crippen LogP contribution in [0.4, 0.5) is 11.4 Å². The van der Waals surface area contributed by atoms with Gasteiger partial charge in [-0.05, 0) is 75.1 Å². The average Bonchev–Trinajstić information content (AvgIpc) is 3.80. The number of fused-ring (bicyclic) bond motifs is 3. The first-order valence-electron chi connectivity index (χ1n) is 18.7. The first kappa shape index (κ1) is 27.0. The van der Waals surface area contributed by atoms with E-state index < -0.39 is 0 Å². The van der Waals surface area contributed by atoms with Crippen molar-refractivity contribution in [1.29, 1.82) is 0 Å². The van der Waals surface area contributed by atoms with Crippen LogP contribution in [0.3, 0.4) is 0 Å². The van der Waals surface area contributed by atoms with Gasteiger partial charge in [0.15, 0.2) is 0 Å². The molecule has 2 unspecified atom stereocenters. The van der Waals surface area contributed by atoms with E-state index in [-0.39, 0.29) is 55.9 Å². The average molecular weight is 631 g/mol. The van der Waals surface area contributed by atoms with Gasteiger partial charge in [0.1, 0.15) is 12.1 Å². The number of piperidine rings is 4. The molecule has 12 rings (SSSR count). The maximum absolute atomic E-state index is 15.0. The van der Waals surface area contributed by atoms with Crippen molar-refractivity contribution in [3.8, 4) is 0 Å². The Balaban J connectivity index is 1.20. The van der Waals surface area contributed by atoms with Crippen LogP contribution < -0.4 is 9.80 Å². The fourth-order valence-electron chi connectivity index (χ4n) is 16.4. The molecule has 5 saturated heterocycles. The highest BCUT2D eigenvalue weighted by atomic mass is 16.6. The van der Waals surface area contributed by atoms with Gasteiger partial charge in [-0.3, -0.25) is 4.90 Å². The van der Waals surface area contributed by atoms with Crippen molar-refractivity contribution in [3.63, 3.8) is 0 Å². The number of hydrogen-bond acceptors (Lipinski definition) is 6. The lowest BCUT2D eigenvalue weighted by atomic mass is 9.50. The number of methoxy groups -OCH3 is 1. The van der Waals surface area contributed by atoms with Crippen LogP contribution in [0.5, 0.6) is 0 Å². The van der Waals surface area contributed by atoms with E-state index in [4.69, 9.17) is 4.74 Å². The SMILES string of the molecule is C/C=C1/CN2CC[C@@]34CN5c6c(cccc6[C@@]67CC[N+]8([O-])CCC[C@@]9(CC[C@@]56[C@H]9C)[C@@H]78)[C@@]35[C@@H]2CC1[C@@H](C(=O)OC)N5c1ccccc14. The topological polar surface area (TPSA) is 59.1 Å². The Morgan fingerprint density at radius 3 is 2.70 bits per heavy atom. The van der Waals surface area contributed by atoms with Gasteiger partial charge in [-0.15, -0.1) is 0 Å². The molecule has 4 spiro atoms. The van der Waals surface area contributed by atoms with Crippen molar-refractivity contribution in [2.75, 3.05) is 49.6 Å². The molecule has 4 bridgehead atoms. The van der Waals surface area contributed by atoms with Gasteiger partial charge >= 0.3 is 5.97 Å². The first-order valence-corrected chi connectivity index (χ1v) is 18.7. The van der Waals surface area contributed by atoms with Crippen LogP contribution in [0.1, 0.15) is 75.5 Å². The molecular formula is C40H46N4O3. The summed E-state index contributed by atoms with van der Waals surface area (Å²) in [5, 5.41) is 15.0. The zero-order valence-corrected chi connectivity index (χ0v) is 28.0. The van der Waals surface area contributed by atoms with E-state index in [9.17, 15) is 4.79 Å². The third-order valence-electron chi connectivity index (χ3n) is 17.3. The third-order valence-corrected chi connectivity index (χ3v) is 17.3. The Hall–Kier alpha value is -2.87. The van der Waals surface area contributed by atoms with Crippen LogP contribution in [0.15, 0.2) is 54.1 Å². The molecule has 7 heteroatoms. The van der Waals surface area contributed by atoms with Gasteiger partial charge in [0.05, 0.1) is 36.7 Å². The summed E-state index contributed by atoms with van der Waals surface area (Å²) in [6.07, 6.45) is 10.1. The van der Waals surface area contributed by atoms with Crippen LogP contribution >= 0.6 is 0 Å². The Bertz CT molecular complexity index is 1880. The number of carbonyl (C=O) groups excluding carboxylic acids is 1. The van der Waals surface area contributed by atoms with Gasteiger partial charge in [0, 0.05) is 59.2 Å². The summed E-state index contributed by atoms with van der Waals surface area (Å²) in [4.78, 5) is 22.7. The number of ether oxygens (including phenoxy) is 1. The highest BCUT2D eigenvalue weighted by Crippen LogP contribution is 2.84. The van der Waals surface area contributed by atoms with Crippen molar-refractivity contribution in [2.45, 2.75) is 98.8 Å². The molecule has 2 aliphatic carbocycles. The molecule has 2 aromatic carbocycles. The fourth-order valence-corrected chi connectivity index (χ4v) is 16.4. The molecule has 47 heavy (non-hydrogen) atoms. The summed E-state index contributed by atoms with van der Waals surface area (Å²) < 4.78 is 5.80. The molecule has 244 valence electrons. The summed E-state index contributed by atoms with van der Waals surface area (Å²) in [7, 11) is 1.58. The maximum atomic E-state index is 15.0. The first-order chi connectivity index (χ1) is 22.8. The Morgan fingerprint density at radius 1 is 1.02 bits per heavy atom. The largest absolute Gasteiger partial charge is 0.633 e. The number of esters is 1. The lowest BCUT2D eigenvalue weighted by Crippen LogP contribution is -2.81. The van der Waals surface area contributed by atoms with E-state index in [0.717, 1.165) is 58.4 Å². The van der Waals surface area contributed by atoms with Crippen molar-refractivity contribution < 1.29 is 14.2 Å². The molecule has 0 radical (unpaired) electrons. The number of hydroxylamine groups is 3. The molecular weight excluding hydrogens is 584 g/mol. The maximum Gasteiger partial charge on any atom is 0.329 e. The molecule has 10 aliphatic rings. The smallest absolute Gasteiger partial charge is 0.329 e. The van der Waals surface area contributed by atoms with Crippen molar-refractivity contribution in [1.82, 2.24) is 4.90 Å². The number of allylic oxidation sites excluding steroid dienone is 1. The number of anilines is 2. The van der Waals surface area contributed by atoms with E-state index in [0.29, 0.717) is 12.0 Å². The molecule has 2 aromatic rings. The van der Waals surface area contributed by atoms with Crippen LogP contribution in [0, 0.1) is 22.5 Å². The molecule has 8 aliphatic heterocycles. The second-order valence-corrected chi connectivity index (χ2v) is 17.4. The molecule has 7 nitrogen and oxygen atoms in total. The molecule has 0 amide bonds. The molecule has 11 atom stereocenters. The normalized spacial score (nSPS) is 50.6. The van der Waals surface area contributed by atoms with E-state index in [1.165, 1.54) is 52.9 Å². The lowest BCUT2D eigenvalue weighted by molar-refractivity contribution is -0.908. The number of para-hydroxylation sites is 2. The van der Waals surface area contributed by atoms with Gasteiger partial charge in [0.2, 0.25) is 0 Å². The number of quaternary nitrogens is 1. The minimum absolute atomic E-state index is 0.00958. The highest BCUT2D eigenvalue weighted by molar-refractivity contribution is 5.90. The van der Waals surface area contributed by atoms with E-state index in [2.05, 4.69) is 77.1 Å². The predicted octanol–water partition coefficient (Wildman–Crippen LogP) is 5.36. The van der Waals surface area contributed by atoms with Gasteiger partial charge in [-0.2, -0.15) is 0 Å². The van der Waals surface area contributed by atoms with Crippen LogP contribution in [0.2, 0.25) is 0 Å². The van der Waals surface area contributed by atoms with Gasteiger partial charge < -0.3 is 24.4 Å². The molecule has 8 heterocycles. The number of rotatable bonds is 1. The summed E-state index contributed by atoms with van der Waals surface area (Å²) in [6.45, 7) is 9.30. The standard InChI is InChI=1S/C40H46N4O3/c1-4-25-22-41-18-16-37-23-42-33-28(38-17-20-44(46)19-8-13-36(35(38)44)14-15-39(38,42)24(36)2)10-7-11-29(33)40(37)31(41)21-26(25)32(34(45)47-3)43(40)30-12-6-5-9-27(30)37/h4-7,9-12,24,26,31-32,35H,8,13-23H2,1-3H3/b25-4-/t24-,26?,31-,32-,35-,36-,37-,38+,39-,40+,44?/m0/s1. The quantitative estimate of drug-likeness (QED) is 0.183. The predicted molar refractivity (Wildman–Crippen MR) is 180 cm³/mol. The van der Waals surface area contributed by atoms with Crippen molar-refractivity contribution in [3.05, 3.63) is 76.0 Å². The van der Waals surface area contributed by atoms with Crippen LogP contribution in [-0.4, -0.2) is 79.0 Å². The number of carbonyl (C=O) groups is 1. The Morgan fingerprint density at radius 2 is 1.85 bits per heavy atom. The molecule has 0 aromatic heterocycles. The molecule has 7 fully saturated rings. The summed E-state index contributed by atoms with van der Waals surface area (Å²) in [5.41, 5.74) is 8.00. The number of benzene rings is 2. The second-order valence-electron chi connectivity index (χ2n) is 17.4.